The molecule has 0 aromatic heterocycles. The fourth-order valence-corrected chi connectivity index (χ4v) is 2.91. The lowest BCUT2D eigenvalue weighted by Crippen LogP contribution is -2.50. The summed E-state index contributed by atoms with van der Waals surface area (Å²) in [6.45, 7) is 2.33. The summed E-state index contributed by atoms with van der Waals surface area (Å²) in [4.78, 5) is 2.33. The van der Waals surface area contributed by atoms with Crippen LogP contribution in [-0.2, 0) is 5.41 Å². The third-order valence-corrected chi connectivity index (χ3v) is 4.49. The number of rotatable bonds is 3. The maximum Gasteiger partial charge on any atom is 0.0406 e. The van der Waals surface area contributed by atoms with E-state index in [2.05, 4.69) is 38.1 Å². The van der Waals surface area contributed by atoms with Gasteiger partial charge >= 0.3 is 0 Å². The van der Waals surface area contributed by atoms with E-state index in [1.165, 1.54) is 24.8 Å². The van der Waals surface area contributed by atoms with Crippen molar-refractivity contribution in [1.29, 1.82) is 0 Å². The zero-order valence-corrected chi connectivity index (χ0v) is 11.1. The molecule has 1 unspecified atom stereocenters. The van der Waals surface area contributed by atoms with Crippen LogP contribution < -0.4 is 0 Å². The van der Waals surface area contributed by atoms with Crippen LogP contribution in [0.4, 0.5) is 0 Å². The van der Waals surface area contributed by atoms with Crippen molar-refractivity contribution in [3.05, 3.63) is 34.9 Å². The average Bonchev–Trinajstić information content (AvgIpc) is 2.19. The minimum atomic E-state index is 0.355. The standard InChI is InChI=1S/C14H20ClN/c1-11(16(2)3)14(9-4-10-14)12-5-7-13(15)8-6-12/h5-8,11H,4,9-10H2,1-3H3. The van der Waals surface area contributed by atoms with Gasteiger partial charge in [0.1, 0.15) is 0 Å². The van der Waals surface area contributed by atoms with E-state index >= 15 is 0 Å². The molecular formula is C14H20ClN. The first-order chi connectivity index (χ1) is 7.56. The fourth-order valence-electron chi connectivity index (χ4n) is 2.78. The highest BCUT2D eigenvalue weighted by Gasteiger charge is 2.44. The summed E-state index contributed by atoms with van der Waals surface area (Å²) in [5.41, 5.74) is 1.80. The largest absolute Gasteiger partial charge is 0.306 e. The van der Waals surface area contributed by atoms with E-state index in [0.717, 1.165) is 5.02 Å². The quantitative estimate of drug-likeness (QED) is 0.775. The summed E-state index contributed by atoms with van der Waals surface area (Å²) >= 11 is 5.95. The molecule has 2 heteroatoms. The van der Waals surface area contributed by atoms with Crippen LogP contribution in [0.25, 0.3) is 0 Å². The fraction of sp³-hybridized carbons (Fsp3) is 0.571. The molecule has 0 aliphatic heterocycles. The molecule has 0 radical (unpaired) electrons. The lowest BCUT2D eigenvalue weighted by Gasteiger charge is -2.49. The van der Waals surface area contributed by atoms with Gasteiger partial charge in [-0.3, -0.25) is 0 Å². The molecule has 0 spiro atoms. The van der Waals surface area contributed by atoms with Gasteiger partial charge in [0.2, 0.25) is 0 Å². The predicted molar refractivity (Wildman–Crippen MR) is 70.1 cm³/mol. The molecule has 0 heterocycles. The van der Waals surface area contributed by atoms with Crippen molar-refractivity contribution in [2.45, 2.75) is 37.6 Å². The number of halogens is 1. The molecule has 0 saturated heterocycles. The van der Waals surface area contributed by atoms with Crippen molar-refractivity contribution < 1.29 is 0 Å². The molecular weight excluding hydrogens is 218 g/mol. The van der Waals surface area contributed by atoms with Gasteiger partial charge in [-0.25, -0.2) is 0 Å². The third-order valence-electron chi connectivity index (χ3n) is 4.24. The molecule has 0 amide bonds. The first kappa shape index (κ1) is 11.9. The molecule has 0 N–H and O–H groups in total. The van der Waals surface area contributed by atoms with Gasteiger partial charge in [-0.15, -0.1) is 0 Å². The zero-order chi connectivity index (χ0) is 11.8. The zero-order valence-electron chi connectivity index (χ0n) is 10.3. The monoisotopic (exact) mass is 237 g/mol. The van der Waals surface area contributed by atoms with Crippen molar-refractivity contribution in [1.82, 2.24) is 4.90 Å². The Kier molecular flexibility index (Phi) is 3.27. The van der Waals surface area contributed by atoms with E-state index in [1.54, 1.807) is 0 Å². The van der Waals surface area contributed by atoms with Gasteiger partial charge in [-0.2, -0.15) is 0 Å². The summed E-state index contributed by atoms with van der Waals surface area (Å²) in [6, 6.07) is 9.00. The van der Waals surface area contributed by atoms with Crippen LogP contribution in [0.2, 0.25) is 5.02 Å². The number of nitrogens with zero attached hydrogens (tertiary/aromatic N) is 1. The lowest BCUT2D eigenvalue weighted by molar-refractivity contribution is 0.109. The van der Waals surface area contributed by atoms with E-state index in [-0.39, 0.29) is 0 Å². The number of hydrogen-bond acceptors (Lipinski definition) is 1. The van der Waals surface area contributed by atoms with Gasteiger partial charge in [0.05, 0.1) is 0 Å². The highest BCUT2D eigenvalue weighted by molar-refractivity contribution is 6.30. The molecule has 1 aromatic rings. The summed E-state index contributed by atoms with van der Waals surface area (Å²) in [5.74, 6) is 0. The number of hydrogen-bond donors (Lipinski definition) is 0. The van der Waals surface area contributed by atoms with Crippen LogP contribution >= 0.6 is 11.6 Å². The smallest absolute Gasteiger partial charge is 0.0406 e. The van der Waals surface area contributed by atoms with Crippen LogP contribution in [0.3, 0.4) is 0 Å². The predicted octanol–water partition coefficient (Wildman–Crippen LogP) is 3.71. The van der Waals surface area contributed by atoms with Crippen LogP contribution in [0.5, 0.6) is 0 Å². The molecule has 1 aliphatic rings. The van der Waals surface area contributed by atoms with Gasteiger partial charge in [-0.1, -0.05) is 30.2 Å². The summed E-state index contributed by atoms with van der Waals surface area (Å²) in [7, 11) is 4.33. The van der Waals surface area contributed by atoms with E-state index in [0.29, 0.717) is 11.5 Å². The number of benzene rings is 1. The molecule has 1 aromatic carbocycles. The van der Waals surface area contributed by atoms with Crippen LogP contribution in [0, 0.1) is 0 Å². The third kappa shape index (κ3) is 1.87. The Hall–Kier alpha value is -0.530. The second-order valence-electron chi connectivity index (χ2n) is 5.16. The molecule has 88 valence electrons. The minimum absolute atomic E-state index is 0.355. The molecule has 1 fully saturated rings. The van der Waals surface area contributed by atoms with E-state index in [9.17, 15) is 0 Å². The summed E-state index contributed by atoms with van der Waals surface area (Å²) in [5, 5.41) is 0.829. The second-order valence-corrected chi connectivity index (χ2v) is 5.59. The van der Waals surface area contributed by atoms with Crippen molar-refractivity contribution in [3.8, 4) is 0 Å². The highest BCUT2D eigenvalue weighted by Crippen LogP contribution is 2.47. The van der Waals surface area contributed by atoms with Crippen molar-refractivity contribution in [3.63, 3.8) is 0 Å². The van der Waals surface area contributed by atoms with Crippen LogP contribution in [-0.4, -0.2) is 25.0 Å². The first-order valence-electron chi connectivity index (χ1n) is 5.99. The highest BCUT2D eigenvalue weighted by atomic mass is 35.5. The molecule has 1 saturated carbocycles. The average molecular weight is 238 g/mol. The maximum atomic E-state index is 5.95. The Bertz CT molecular complexity index is 352. The number of likely N-dealkylation sites (N-methyl/N-ethyl adjacent to an activating group) is 1. The Morgan fingerprint density at radius 3 is 2.12 bits per heavy atom. The van der Waals surface area contributed by atoms with Crippen molar-refractivity contribution >= 4 is 11.6 Å². The Morgan fingerprint density at radius 1 is 1.19 bits per heavy atom. The van der Waals surface area contributed by atoms with Crippen LogP contribution in [0.15, 0.2) is 24.3 Å². The molecule has 0 bridgehead atoms. The van der Waals surface area contributed by atoms with E-state index in [4.69, 9.17) is 11.6 Å². The summed E-state index contributed by atoms with van der Waals surface area (Å²) in [6.07, 6.45) is 3.95. The first-order valence-corrected chi connectivity index (χ1v) is 6.36. The molecule has 1 atom stereocenters. The SMILES string of the molecule is CC(N(C)C)C1(c2ccc(Cl)cc2)CCC1. The van der Waals surface area contributed by atoms with Crippen molar-refractivity contribution in [2.75, 3.05) is 14.1 Å². The topological polar surface area (TPSA) is 3.24 Å². The maximum absolute atomic E-state index is 5.95. The van der Waals surface area contributed by atoms with Crippen LogP contribution in [0.1, 0.15) is 31.7 Å². The van der Waals surface area contributed by atoms with Gasteiger partial charge in [0.25, 0.3) is 0 Å². The Balaban J connectivity index is 2.31. The van der Waals surface area contributed by atoms with E-state index in [1.807, 2.05) is 12.1 Å². The molecule has 2 rings (SSSR count). The molecule has 16 heavy (non-hydrogen) atoms. The van der Waals surface area contributed by atoms with Crippen molar-refractivity contribution in [2.24, 2.45) is 0 Å². The summed E-state index contributed by atoms with van der Waals surface area (Å²) < 4.78 is 0. The molecule has 1 nitrogen and oxygen atoms in total. The van der Waals surface area contributed by atoms with Gasteiger partial charge in [0.15, 0.2) is 0 Å². The Labute approximate surface area is 103 Å². The molecule has 1 aliphatic carbocycles. The Morgan fingerprint density at radius 2 is 1.75 bits per heavy atom. The lowest BCUT2D eigenvalue weighted by atomic mass is 9.60. The van der Waals surface area contributed by atoms with E-state index < -0.39 is 0 Å². The van der Waals surface area contributed by atoms with Gasteiger partial charge in [-0.05, 0) is 51.6 Å². The second kappa shape index (κ2) is 4.38. The normalized spacial score (nSPS) is 20.6. The van der Waals surface area contributed by atoms with Gasteiger partial charge < -0.3 is 4.90 Å². The van der Waals surface area contributed by atoms with Gasteiger partial charge in [0, 0.05) is 16.5 Å². The minimum Gasteiger partial charge on any atom is -0.306 e.